The summed E-state index contributed by atoms with van der Waals surface area (Å²) >= 11 is 5.89. The number of ether oxygens (including phenoxy) is 1. The van der Waals surface area contributed by atoms with Crippen LogP contribution in [0.15, 0.2) is 18.2 Å². The Balaban J connectivity index is 0.00000180. The highest BCUT2D eigenvalue weighted by molar-refractivity contribution is 6.30. The van der Waals surface area contributed by atoms with Crippen LogP contribution in [0.4, 0.5) is 0 Å². The van der Waals surface area contributed by atoms with E-state index in [1.807, 2.05) is 11.9 Å². The summed E-state index contributed by atoms with van der Waals surface area (Å²) in [6, 6.07) is 5.48. The molecule has 106 valence electrons. The fraction of sp³-hybridized carbons (Fsp3) is 0.462. The number of nitrogens with zero attached hydrogens (tertiary/aromatic N) is 1. The van der Waals surface area contributed by atoms with Crippen molar-refractivity contribution < 1.29 is 9.53 Å². The molecule has 19 heavy (non-hydrogen) atoms. The van der Waals surface area contributed by atoms with Crippen LogP contribution in [0, 0.1) is 0 Å². The van der Waals surface area contributed by atoms with Crippen LogP contribution in [0.2, 0.25) is 5.02 Å². The maximum Gasteiger partial charge on any atom is 0.257 e. The summed E-state index contributed by atoms with van der Waals surface area (Å²) in [5.41, 5.74) is 0.568. The van der Waals surface area contributed by atoms with Gasteiger partial charge in [0.25, 0.3) is 5.91 Å². The molecule has 6 heteroatoms. The number of carbonyl (C=O) groups excluding carboxylic acids is 1. The molecule has 0 aliphatic carbocycles. The molecule has 1 aliphatic rings. The van der Waals surface area contributed by atoms with Crippen LogP contribution in [-0.4, -0.2) is 44.1 Å². The molecule has 1 aliphatic heterocycles. The van der Waals surface area contributed by atoms with Crippen molar-refractivity contribution in [2.24, 2.45) is 0 Å². The molecule has 4 nitrogen and oxygen atoms in total. The molecule has 1 aromatic carbocycles. The zero-order chi connectivity index (χ0) is 13.1. The Hall–Kier alpha value is -0.970. The first-order valence-electron chi connectivity index (χ1n) is 5.95. The average Bonchev–Trinajstić information content (AvgIpc) is 2.86. The third kappa shape index (κ3) is 3.53. The molecular formula is C13H18Cl2N2O2. The van der Waals surface area contributed by atoms with E-state index in [1.54, 1.807) is 25.3 Å². The molecule has 1 saturated heterocycles. The lowest BCUT2D eigenvalue weighted by Crippen LogP contribution is -2.33. The van der Waals surface area contributed by atoms with Crippen LogP contribution in [0.1, 0.15) is 16.8 Å². The van der Waals surface area contributed by atoms with Gasteiger partial charge in [0.2, 0.25) is 0 Å². The van der Waals surface area contributed by atoms with Gasteiger partial charge in [0, 0.05) is 24.2 Å². The molecule has 1 amide bonds. The third-order valence-corrected chi connectivity index (χ3v) is 3.51. The van der Waals surface area contributed by atoms with Crippen LogP contribution in [0.5, 0.6) is 5.75 Å². The van der Waals surface area contributed by atoms with Gasteiger partial charge >= 0.3 is 0 Å². The number of benzene rings is 1. The molecule has 1 unspecified atom stereocenters. The Labute approximate surface area is 124 Å². The number of methoxy groups -OCH3 is 1. The summed E-state index contributed by atoms with van der Waals surface area (Å²) in [7, 11) is 3.46. The Morgan fingerprint density at radius 3 is 2.84 bits per heavy atom. The molecule has 0 aromatic heterocycles. The van der Waals surface area contributed by atoms with Gasteiger partial charge in [-0.3, -0.25) is 4.79 Å². The van der Waals surface area contributed by atoms with E-state index in [0.717, 1.165) is 19.5 Å². The van der Waals surface area contributed by atoms with Crippen molar-refractivity contribution in [3.63, 3.8) is 0 Å². The highest BCUT2D eigenvalue weighted by Gasteiger charge is 2.27. The molecule has 0 spiro atoms. The number of likely N-dealkylation sites (tertiary alicyclic amines) is 1. The topological polar surface area (TPSA) is 41.6 Å². The Kier molecular flexibility index (Phi) is 5.91. The Bertz CT molecular complexity index is 454. The third-order valence-electron chi connectivity index (χ3n) is 3.28. The van der Waals surface area contributed by atoms with E-state index in [-0.39, 0.29) is 18.3 Å². The molecule has 0 bridgehead atoms. The maximum atomic E-state index is 12.4. The fourth-order valence-corrected chi connectivity index (χ4v) is 2.35. The van der Waals surface area contributed by atoms with Gasteiger partial charge in [-0.2, -0.15) is 0 Å². The van der Waals surface area contributed by atoms with E-state index >= 15 is 0 Å². The van der Waals surface area contributed by atoms with Gasteiger partial charge in [-0.1, -0.05) is 11.6 Å². The minimum Gasteiger partial charge on any atom is -0.496 e. The lowest BCUT2D eigenvalue weighted by Gasteiger charge is -2.18. The number of rotatable bonds is 3. The summed E-state index contributed by atoms with van der Waals surface area (Å²) in [4.78, 5) is 14.2. The molecule has 2 rings (SSSR count). The second-order valence-corrected chi connectivity index (χ2v) is 4.81. The van der Waals surface area contributed by atoms with E-state index in [4.69, 9.17) is 16.3 Å². The number of likely N-dealkylation sites (N-methyl/N-ethyl adjacent to an activating group) is 1. The van der Waals surface area contributed by atoms with Gasteiger partial charge in [0.1, 0.15) is 5.75 Å². The molecular weight excluding hydrogens is 287 g/mol. The molecule has 1 N–H and O–H groups in total. The summed E-state index contributed by atoms with van der Waals surface area (Å²) in [5.74, 6) is 0.529. The van der Waals surface area contributed by atoms with Crippen molar-refractivity contribution in [2.75, 3.05) is 27.2 Å². The van der Waals surface area contributed by atoms with Crippen LogP contribution < -0.4 is 10.1 Å². The van der Waals surface area contributed by atoms with Crippen LogP contribution in [0.25, 0.3) is 0 Å². The van der Waals surface area contributed by atoms with Crippen molar-refractivity contribution in [1.82, 2.24) is 10.2 Å². The van der Waals surface area contributed by atoms with Crippen LogP contribution in [0.3, 0.4) is 0 Å². The number of hydrogen-bond acceptors (Lipinski definition) is 3. The predicted molar refractivity (Wildman–Crippen MR) is 78.6 cm³/mol. The van der Waals surface area contributed by atoms with Crippen LogP contribution in [-0.2, 0) is 0 Å². The predicted octanol–water partition coefficient (Wildman–Crippen LogP) is 2.20. The second kappa shape index (κ2) is 6.98. The zero-order valence-electron chi connectivity index (χ0n) is 11.0. The number of amides is 1. The van der Waals surface area contributed by atoms with Crippen molar-refractivity contribution in [3.05, 3.63) is 28.8 Å². The summed E-state index contributed by atoms with van der Waals surface area (Å²) in [5, 5.41) is 3.76. The second-order valence-electron chi connectivity index (χ2n) is 4.37. The summed E-state index contributed by atoms with van der Waals surface area (Å²) < 4.78 is 5.21. The molecule has 1 aromatic rings. The molecule has 1 heterocycles. The summed E-state index contributed by atoms with van der Waals surface area (Å²) in [6.07, 6.45) is 0.984. The lowest BCUT2D eigenvalue weighted by atomic mass is 10.1. The van der Waals surface area contributed by atoms with E-state index in [1.165, 1.54) is 0 Å². The average molecular weight is 305 g/mol. The normalized spacial score (nSPS) is 18.1. The summed E-state index contributed by atoms with van der Waals surface area (Å²) in [6.45, 7) is 1.51. The minimum atomic E-state index is 0. The van der Waals surface area contributed by atoms with E-state index in [0.29, 0.717) is 22.4 Å². The van der Waals surface area contributed by atoms with Gasteiger partial charge < -0.3 is 15.0 Å². The van der Waals surface area contributed by atoms with Gasteiger partial charge in [0.15, 0.2) is 0 Å². The highest BCUT2D eigenvalue weighted by Crippen LogP contribution is 2.25. The maximum absolute atomic E-state index is 12.4. The van der Waals surface area contributed by atoms with E-state index in [2.05, 4.69) is 5.32 Å². The lowest BCUT2D eigenvalue weighted by molar-refractivity contribution is 0.0786. The smallest absolute Gasteiger partial charge is 0.257 e. The van der Waals surface area contributed by atoms with Gasteiger partial charge in [-0.15, -0.1) is 12.4 Å². The van der Waals surface area contributed by atoms with Crippen molar-refractivity contribution >= 4 is 29.9 Å². The molecule has 1 atom stereocenters. The Morgan fingerprint density at radius 1 is 1.53 bits per heavy atom. The minimum absolute atomic E-state index is 0. The number of hydrogen-bond donors (Lipinski definition) is 1. The van der Waals surface area contributed by atoms with E-state index < -0.39 is 0 Å². The zero-order valence-corrected chi connectivity index (χ0v) is 12.6. The fourth-order valence-electron chi connectivity index (χ4n) is 2.19. The molecule has 0 saturated carbocycles. The Morgan fingerprint density at radius 2 is 2.26 bits per heavy atom. The largest absolute Gasteiger partial charge is 0.496 e. The first-order valence-corrected chi connectivity index (χ1v) is 6.33. The van der Waals surface area contributed by atoms with Gasteiger partial charge in [-0.25, -0.2) is 0 Å². The standard InChI is InChI=1S/C13H17ClN2O2.ClH/c1-15-10-5-6-16(8-10)13(17)11-4-3-9(14)7-12(11)18-2;/h3-4,7,10,15H,5-6,8H2,1-2H3;1H. The van der Waals surface area contributed by atoms with Crippen molar-refractivity contribution in [2.45, 2.75) is 12.5 Å². The van der Waals surface area contributed by atoms with Crippen molar-refractivity contribution in [3.8, 4) is 5.75 Å². The molecule has 0 radical (unpaired) electrons. The first-order chi connectivity index (χ1) is 8.65. The number of carbonyl (C=O) groups is 1. The number of nitrogens with one attached hydrogen (secondary N) is 1. The number of halogens is 2. The SMILES string of the molecule is CNC1CCN(C(=O)c2ccc(Cl)cc2OC)C1.Cl. The first kappa shape index (κ1) is 16.1. The monoisotopic (exact) mass is 304 g/mol. The quantitative estimate of drug-likeness (QED) is 0.931. The molecule has 1 fully saturated rings. The highest BCUT2D eigenvalue weighted by atomic mass is 35.5. The van der Waals surface area contributed by atoms with Gasteiger partial charge in [-0.05, 0) is 31.7 Å². The van der Waals surface area contributed by atoms with E-state index in [9.17, 15) is 4.79 Å². The van der Waals surface area contributed by atoms with Gasteiger partial charge in [0.05, 0.1) is 12.7 Å². The van der Waals surface area contributed by atoms with Crippen LogP contribution >= 0.6 is 24.0 Å². The van der Waals surface area contributed by atoms with Crippen molar-refractivity contribution in [1.29, 1.82) is 0 Å².